The first-order valence-electron chi connectivity index (χ1n) is 5.22. The molecule has 0 fully saturated rings. The monoisotopic (exact) mass is 296 g/mol. The number of rotatable bonds is 8. The molecule has 0 aromatic heterocycles. The summed E-state index contributed by atoms with van der Waals surface area (Å²) in [4.78, 5) is 0. The number of alkyl halides is 2. The third-order valence-electron chi connectivity index (χ3n) is 1.73. The molecular formula is C8H19F3N2O4S. The van der Waals surface area contributed by atoms with Gasteiger partial charge in [0.15, 0.2) is 0 Å². The lowest BCUT2D eigenvalue weighted by molar-refractivity contribution is -0.0307. The average molecular weight is 296 g/mol. The number of unbranched alkanes of at least 4 members (excludes halogenated alkanes) is 1. The van der Waals surface area contributed by atoms with Gasteiger partial charge in [-0.2, -0.15) is 17.2 Å². The van der Waals surface area contributed by atoms with Crippen molar-refractivity contribution in [1.82, 2.24) is 0 Å². The maximum Gasteiger partial charge on any atom is 0.372 e. The number of aliphatic hydroxyl groups is 1. The Hall–Kier alpha value is -0.420. The largest absolute Gasteiger partial charge is 0.396 e. The fourth-order valence-corrected chi connectivity index (χ4v) is 1.23. The van der Waals surface area contributed by atoms with Crippen LogP contribution in [0.3, 0.4) is 0 Å². The Balaban J connectivity index is 0. The minimum atomic E-state index is -5.48. The molecule has 0 amide bonds. The summed E-state index contributed by atoms with van der Waals surface area (Å²) in [5, 5.41) is 3.82. The average Bonchev–Trinajstić information content (AvgIpc) is 2.34. The number of aliphatic hydroxyl groups excluding tert-OH is 1. The molecule has 0 rings (SSSR count). The van der Waals surface area contributed by atoms with Crippen molar-refractivity contribution in [3.05, 3.63) is 0 Å². The van der Waals surface area contributed by atoms with Gasteiger partial charge in [-0.1, -0.05) is 4.39 Å². The van der Waals surface area contributed by atoms with Gasteiger partial charge in [0.1, 0.15) is 0 Å². The first-order chi connectivity index (χ1) is 8.29. The topological polar surface area (TPSA) is 116 Å². The van der Waals surface area contributed by atoms with Crippen LogP contribution in [0, 0.1) is 0 Å². The van der Waals surface area contributed by atoms with Gasteiger partial charge in [0.05, 0.1) is 0 Å². The van der Waals surface area contributed by atoms with Crippen LogP contribution in [0.5, 0.6) is 0 Å². The van der Waals surface area contributed by atoms with Gasteiger partial charge >= 0.3 is 15.4 Å². The van der Waals surface area contributed by atoms with E-state index in [4.69, 9.17) is 16.6 Å². The molecule has 18 heavy (non-hydrogen) atoms. The summed E-state index contributed by atoms with van der Waals surface area (Å²) < 4.78 is 58.0. The highest BCUT2D eigenvalue weighted by Crippen LogP contribution is 2.28. The lowest BCUT2D eigenvalue weighted by Gasteiger charge is -2.11. The molecule has 112 valence electrons. The van der Waals surface area contributed by atoms with Crippen LogP contribution in [0.15, 0.2) is 0 Å². The van der Waals surface area contributed by atoms with Crippen molar-refractivity contribution in [2.45, 2.75) is 30.9 Å². The summed E-state index contributed by atoms with van der Waals surface area (Å²) in [5.41, 5.74) is 10.3. The summed E-state index contributed by atoms with van der Waals surface area (Å²) in [7, 11) is -5.48. The van der Waals surface area contributed by atoms with Crippen LogP contribution >= 0.6 is 0 Å². The highest BCUT2D eigenvalue weighted by atomic mass is 32.2. The van der Waals surface area contributed by atoms with Crippen LogP contribution in [0.25, 0.3) is 0 Å². The molecule has 0 saturated heterocycles. The van der Waals surface area contributed by atoms with E-state index in [1.165, 1.54) is 0 Å². The Labute approximate surface area is 104 Å². The highest BCUT2D eigenvalue weighted by molar-refractivity contribution is 7.87. The van der Waals surface area contributed by atoms with E-state index in [1.54, 1.807) is 0 Å². The molecule has 0 atom stereocenters. The summed E-state index contributed by atoms with van der Waals surface area (Å²) in [6.45, 7) is 0.950. The molecule has 0 saturated carbocycles. The van der Waals surface area contributed by atoms with E-state index in [1.807, 2.05) is 0 Å². The number of hydrogen-bond donors (Lipinski definition) is 3. The molecule has 10 heteroatoms. The van der Waals surface area contributed by atoms with E-state index in [2.05, 4.69) is 4.39 Å². The zero-order valence-corrected chi connectivity index (χ0v) is 10.6. The summed E-state index contributed by atoms with van der Waals surface area (Å²) in [6.07, 6.45) is 0.512. The van der Waals surface area contributed by atoms with Crippen molar-refractivity contribution in [1.29, 1.82) is 0 Å². The molecule has 0 aliphatic heterocycles. The molecule has 6 nitrogen and oxygen atoms in total. The van der Waals surface area contributed by atoms with E-state index in [-0.39, 0.29) is 0 Å². The van der Waals surface area contributed by atoms with Crippen molar-refractivity contribution in [2.24, 2.45) is 11.5 Å². The van der Waals surface area contributed by atoms with Crippen LogP contribution in [0.2, 0.25) is 0 Å². The van der Waals surface area contributed by atoms with Gasteiger partial charge in [0.25, 0.3) is 0 Å². The van der Waals surface area contributed by atoms with E-state index < -0.39 is 34.8 Å². The molecule has 0 spiro atoms. The molecule has 0 aliphatic rings. The molecular weight excluding hydrogens is 277 g/mol. The van der Waals surface area contributed by atoms with E-state index in [0.717, 1.165) is 25.9 Å². The second kappa shape index (κ2) is 10.5. The third-order valence-corrected chi connectivity index (χ3v) is 2.83. The van der Waals surface area contributed by atoms with Gasteiger partial charge in [-0.15, -0.1) is 0 Å². The van der Waals surface area contributed by atoms with Crippen LogP contribution in [-0.2, 0) is 14.5 Å². The summed E-state index contributed by atoms with van der Waals surface area (Å²) in [6, 6.07) is 0. The minimum Gasteiger partial charge on any atom is -0.396 e. The molecule has 0 aliphatic carbocycles. The minimum absolute atomic E-state index is 0.449. The summed E-state index contributed by atoms with van der Waals surface area (Å²) in [5.74, 6) is 0. The first-order valence-corrected chi connectivity index (χ1v) is 6.63. The lowest BCUT2D eigenvalue weighted by Crippen LogP contribution is -2.29. The zero-order chi connectivity index (χ0) is 14.7. The zero-order valence-electron chi connectivity index (χ0n) is 9.82. The normalized spacial score (nSPS) is 11.9. The predicted octanol–water partition coefficient (Wildman–Crippen LogP) is 0.267. The number of nitrogens with two attached hydrogens (primary N) is 2. The maximum absolute atomic E-state index is 12.3. The molecule has 0 aromatic carbocycles. The fraction of sp³-hybridized carbons (Fsp3) is 1.00. The Kier molecular flexibility index (Phi) is 11.6. The predicted molar refractivity (Wildman–Crippen MR) is 59.7 cm³/mol. The van der Waals surface area contributed by atoms with Gasteiger partial charge in [-0.05, 0) is 36.9 Å². The highest BCUT2D eigenvalue weighted by Gasteiger charge is 2.46. The van der Waals surface area contributed by atoms with Gasteiger partial charge in [-0.3, -0.25) is 0 Å². The van der Waals surface area contributed by atoms with Gasteiger partial charge in [0.2, 0.25) is 0 Å². The first kappa shape index (κ1) is 19.9. The van der Waals surface area contributed by atoms with Crippen molar-refractivity contribution in [2.75, 3.05) is 19.7 Å². The number of halogens is 3. The summed E-state index contributed by atoms with van der Waals surface area (Å²) >= 11 is 0. The van der Waals surface area contributed by atoms with Crippen molar-refractivity contribution >= 4 is 10.1 Å². The lowest BCUT2D eigenvalue weighted by atomic mass is 10.3. The maximum atomic E-state index is 12.3. The van der Waals surface area contributed by atoms with Gasteiger partial charge in [0, 0.05) is 13.0 Å². The SMILES string of the molecule is NCCCCN.O=S(=O)(OF)C(F)(F)CCCO. The van der Waals surface area contributed by atoms with Crippen molar-refractivity contribution in [3.8, 4) is 0 Å². The van der Waals surface area contributed by atoms with Crippen LogP contribution in [0.4, 0.5) is 13.3 Å². The molecule has 0 radical (unpaired) electrons. The van der Waals surface area contributed by atoms with Crippen molar-refractivity contribution in [3.63, 3.8) is 0 Å². The quantitative estimate of drug-likeness (QED) is 0.554. The Morgan fingerprint density at radius 1 is 1.11 bits per heavy atom. The molecule has 0 aromatic rings. The number of hydrogen-bond acceptors (Lipinski definition) is 6. The van der Waals surface area contributed by atoms with Crippen LogP contribution in [-0.4, -0.2) is 38.5 Å². The molecule has 0 heterocycles. The standard InChI is InChI=1S/C4H7F3O4S.C4H12N2/c5-4(6,2-1-3-8)12(9,10)11-7;5-3-1-2-4-6/h8H,1-3H2;1-6H2. The molecule has 5 N–H and O–H groups in total. The Morgan fingerprint density at radius 2 is 1.56 bits per heavy atom. The van der Waals surface area contributed by atoms with Crippen molar-refractivity contribution < 1.29 is 31.2 Å². The molecule has 0 bridgehead atoms. The smallest absolute Gasteiger partial charge is 0.372 e. The second-order valence-electron chi connectivity index (χ2n) is 3.27. The van der Waals surface area contributed by atoms with E-state index in [9.17, 15) is 21.7 Å². The van der Waals surface area contributed by atoms with Crippen LogP contribution < -0.4 is 11.5 Å². The Bertz CT molecular complexity index is 284. The molecule has 0 unspecified atom stereocenters. The second-order valence-corrected chi connectivity index (χ2v) is 4.90. The van der Waals surface area contributed by atoms with E-state index in [0.29, 0.717) is 0 Å². The van der Waals surface area contributed by atoms with E-state index >= 15 is 0 Å². The fourth-order valence-electron chi connectivity index (χ4n) is 0.745. The van der Waals surface area contributed by atoms with Crippen LogP contribution in [0.1, 0.15) is 25.7 Å². The van der Waals surface area contributed by atoms with Gasteiger partial charge in [-0.25, -0.2) is 0 Å². The third kappa shape index (κ3) is 8.64. The Morgan fingerprint density at radius 3 is 1.83 bits per heavy atom. The van der Waals surface area contributed by atoms with Gasteiger partial charge < -0.3 is 16.6 Å².